The monoisotopic (exact) mass is 336 g/mol. The molecule has 0 saturated heterocycles. The molecular formula is C19H20N4O2. The van der Waals surface area contributed by atoms with Gasteiger partial charge in [0.15, 0.2) is 0 Å². The van der Waals surface area contributed by atoms with Gasteiger partial charge in [-0.3, -0.25) is 9.59 Å². The fourth-order valence-electron chi connectivity index (χ4n) is 2.80. The fraction of sp³-hybridized carbons (Fsp3) is 0.211. The van der Waals surface area contributed by atoms with Crippen molar-refractivity contribution >= 4 is 5.91 Å². The first-order valence-electron chi connectivity index (χ1n) is 8.02. The maximum absolute atomic E-state index is 12.5. The molecule has 3 rings (SSSR count). The Hall–Kier alpha value is -3.15. The molecule has 1 amide bonds. The van der Waals surface area contributed by atoms with Crippen LogP contribution in [0, 0.1) is 13.8 Å². The number of para-hydroxylation sites is 1. The molecule has 0 radical (unpaired) electrons. The molecule has 25 heavy (non-hydrogen) atoms. The number of benzene rings is 1. The molecule has 6 heteroatoms. The van der Waals surface area contributed by atoms with Crippen LogP contribution in [0.2, 0.25) is 0 Å². The molecule has 0 atom stereocenters. The van der Waals surface area contributed by atoms with Crippen molar-refractivity contribution in [3.05, 3.63) is 81.5 Å². The summed E-state index contributed by atoms with van der Waals surface area (Å²) in [6.07, 6.45) is 1.44. The van der Waals surface area contributed by atoms with E-state index in [1.807, 2.05) is 48.9 Å². The Morgan fingerprint density at radius 3 is 2.52 bits per heavy atom. The highest BCUT2D eigenvalue weighted by atomic mass is 16.2. The van der Waals surface area contributed by atoms with Gasteiger partial charge in [-0.1, -0.05) is 18.2 Å². The third kappa shape index (κ3) is 3.38. The van der Waals surface area contributed by atoms with Crippen LogP contribution in [0.15, 0.2) is 53.5 Å². The van der Waals surface area contributed by atoms with E-state index >= 15 is 0 Å². The van der Waals surface area contributed by atoms with Crippen molar-refractivity contribution < 1.29 is 4.79 Å². The maximum atomic E-state index is 12.5. The Kier molecular flexibility index (Phi) is 4.52. The number of aromatic amines is 1. The second kappa shape index (κ2) is 6.76. The van der Waals surface area contributed by atoms with E-state index in [1.165, 1.54) is 18.3 Å². The van der Waals surface area contributed by atoms with Crippen LogP contribution < -0.4 is 5.56 Å². The molecule has 0 spiro atoms. The molecule has 6 nitrogen and oxygen atoms in total. The van der Waals surface area contributed by atoms with E-state index in [2.05, 4.69) is 10.1 Å². The lowest BCUT2D eigenvalue weighted by atomic mass is 10.1. The summed E-state index contributed by atoms with van der Waals surface area (Å²) in [5.41, 5.74) is 4.13. The number of nitrogens with zero attached hydrogens (tertiary/aromatic N) is 3. The summed E-state index contributed by atoms with van der Waals surface area (Å²) in [4.78, 5) is 27.8. The number of carbonyl (C=O) groups is 1. The minimum absolute atomic E-state index is 0.150. The fourth-order valence-corrected chi connectivity index (χ4v) is 2.80. The molecule has 2 heterocycles. The highest BCUT2D eigenvalue weighted by Gasteiger charge is 2.18. The molecule has 0 fully saturated rings. The largest absolute Gasteiger partial charge is 0.337 e. The number of rotatable bonds is 4. The average molecular weight is 336 g/mol. The van der Waals surface area contributed by atoms with Crippen LogP contribution >= 0.6 is 0 Å². The number of hydrogen-bond donors (Lipinski definition) is 1. The first kappa shape index (κ1) is 16.7. The van der Waals surface area contributed by atoms with E-state index in [0.29, 0.717) is 12.1 Å². The Balaban J connectivity index is 1.85. The Labute approximate surface area is 145 Å². The van der Waals surface area contributed by atoms with Crippen LogP contribution in [-0.4, -0.2) is 32.6 Å². The van der Waals surface area contributed by atoms with Gasteiger partial charge in [0, 0.05) is 37.1 Å². The summed E-state index contributed by atoms with van der Waals surface area (Å²) < 4.78 is 1.89. The Bertz CT molecular complexity index is 937. The predicted molar refractivity (Wildman–Crippen MR) is 95.9 cm³/mol. The van der Waals surface area contributed by atoms with Gasteiger partial charge >= 0.3 is 0 Å². The van der Waals surface area contributed by atoms with E-state index in [1.54, 1.807) is 11.9 Å². The van der Waals surface area contributed by atoms with Gasteiger partial charge in [0.25, 0.3) is 5.91 Å². The number of carbonyl (C=O) groups excluding carboxylic acids is 1. The molecular weight excluding hydrogens is 316 g/mol. The zero-order valence-electron chi connectivity index (χ0n) is 14.5. The third-order valence-corrected chi connectivity index (χ3v) is 4.22. The molecule has 128 valence electrons. The van der Waals surface area contributed by atoms with Crippen molar-refractivity contribution in [2.24, 2.45) is 0 Å². The predicted octanol–water partition coefficient (Wildman–Crippen LogP) is 2.45. The van der Waals surface area contributed by atoms with Crippen LogP contribution in [0.3, 0.4) is 0 Å². The second-order valence-electron chi connectivity index (χ2n) is 6.00. The minimum Gasteiger partial charge on any atom is -0.337 e. The van der Waals surface area contributed by atoms with Crippen LogP contribution in [0.1, 0.15) is 27.3 Å². The lowest BCUT2D eigenvalue weighted by Gasteiger charge is -2.17. The van der Waals surface area contributed by atoms with Crippen molar-refractivity contribution in [2.45, 2.75) is 20.4 Å². The van der Waals surface area contributed by atoms with E-state index in [4.69, 9.17) is 0 Å². The lowest BCUT2D eigenvalue weighted by molar-refractivity contribution is 0.0784. The van der Waals surface area contributed by atoms with Gasteiger partial charge in [-0.15, -0.1) is 0 Å². The number of nitrogens with one attached hydrogen (secondary N) is 1. The Morgan fingerprint density at radius 1 is 1.16 bits per heavy atom. The highest BCUT2D eigenvalue weighted by Crippen LogP contribution is 2.19. The standard InChI is InChI=1S/C19H20N4O2/c1-13-17(14(2)23(21-13)16-7-5-4-6-8-16)12-22(3)19(25)15-9-10-18(24)20-11-15/h4-11H,12H2,1-3H3,(H,20,24). The molecule has 0 aliphatic heterocycles. The van der Waals surface area contributed by atoms with Gasteiger partial charge in [0.05, 0.1) is 16.9 Å². The van der Waals surface area contributed by atoms with Crippen LogP contribution in [-0.2, 0) is 6.54 Å². The number of aryl methyl sites for hydroxylation is 1. The van der Waals surface area contributed by atoms with Crippen LogP contribution in [0.4, 0.5) is 0 Å². The molecule has 0 unspecified atom stereocenters. The molecule has 1 aromatic carbocycles. The number of aromatic nitrogens is 3. The van der Waals surface area contributed by atoms with Gasteiger partial charge in [-0.25, -0.2) is 4.68 Å². The maximum Gasteiger partial charge on any atom is 0.255 e. The molecule has 3 aromatic rings. The van der Waals surface area contributed by atoms with Crippen molar-refractivity contribution in [1.82, 2.24) is 19.7 Å². The van der Waals surface area contributed by atoms with Crippen molar-refractivity contribution in [1.29, 1.82) is 0 Å². The summed E-state index contributed by atoms with van der Waals surface area (Å²) >= 11 is 0. The quantitative estimate of drug-likeness (QED) is 0.795. The first-order chi connectivity index (χ1) is 12.0. The smallest absolute Gasteiger partial charge is 0.255 e. The molecule has 0 aliphatic rings. The zero-order valence-corrected chi connectivity index (χ0v) is 14.5. The number of pyridine rings is 1. The summed E-state index contributed by atoms with van der Waals surface area (Å²) in [5.74, 6) is -0.150. The molecule has 1 N–H and O–H groups in total. The minimum atomic E-state index is -0.227. The van der Waals surface area contributed by atoms with E-state index < -0.39 is 0 Å². The number of amides is 1. The third-order valence-electron chi connectivity index (χ3n) is 4.22. The highest BCUT2D eigenvalue weighted by molar-refractivity contribution is 5.93. The van der Waals surface area contributed by atoms with Crippen LogP contribution in [0.25, 0.3) is 5.69 Å². The average Bonchev–Trinajstić information content (AvgIpc) is 2.90. The van der Waals surface area contributed by atoms with Gasteiger partial charge in [0.2, 0.25) is 5.56 Å². The summed E-state index contributed by atoms with van der Waals surface area (Å²) in [5, 5.41) is 4.61. The zero-order chi connectivity index (χ0) is 18.0. The van der Waals surface area contributed by atoms with Gasteiger partial charge in [-0.05, 0) is 32.0 Å². The van der Waals surface area contributed by atoms with Crippen LogP contribution in [0.5, 0.6) is 0 Å². The number of hydrogen-bond acceptors (Lipinski definition) is 3. The molecule has 2 aromatic heterocycles. The first-order valence-corrected chi connectivity index (χ1v) is 8.02. The Morgan fingerprint density at radius 2 is 1.88 bits per heavy atom. The molecule has 0 saturated carbocycles. The SMILES string of the molecule is Cc1nn(-c2ccccc2)c(C)c1CN(C)C(=O)c1ccc(=O)[nH]c1. The summed E-state index contributed by atoms with van der Waals surface area (Å²) in [6.45, 7) is 4.39. The van der Waals surface area contributed by atoms with E-state index in [9.17, 15) is 9.59 Å². The summed E-state index contributed by atoms with van der Waals surface area (Å²) in [7, 11) is 1.74. The van der Waals surface area contributed by atoms with Crippen molar-refractivity contribution in [3.8, 4) is 5.69 Å². The van der Waals surface area contributed by atoms with Gasteiger partial charge in [-0.2, -0.15) is 5.10 Å². The van der Waals surface area contributed by atoms with Crippen molar-refractivity contribution in [3.63, 3.8) is 0 Å². The lowest BCUT2D eigenvalue weighted by Crippen LogP contribution is -2.27. The van der Waals surface area contributed by atoms with Gasteiger partial charge < -0.3 is 9.88 Å². The molecule has 0 bridgehead atoms. The topological polar surface area (TPSA) is 71.0 Å². The van der Waals surface area contributed by atoms with Crippen molar-refractivity contribution in [2.75, 3.05) is 7.05 Å². The second-order valence-corrected chi connectivity index (χ2v) is 6.00. The van der Waals surface area contributed by atoms with E-state index in [0.717, 1.165) is 22.6 Å². The van der Waals surface area contributed by atoms with Gasteiger partial charge in [0.1, 0.15) is 0 Å². The number of H-pyrrole nitrogens is 1. The van der Waals surface area contributed by atoms with E-state index in [-0.39, 0.29) is 11.5 Å². The molecule has 0 aliphatic carbocycles. The normalized spacial score (nSPS) is 10.7. The summed E-state index contributed by atoms with van der Waals surface area (Å²) in [6, 6.07) is 12.8.